The number of nitrogens with one attached hydrogen (secondary N) is 1. The number of carboxylic acid groups (broad SMARTS) is 1. The average Bonchev–Trinajstić information content (AvgIpc) is 2.85. The van der Waals surface area contributed by atoms with E-state index in [1.165, 1.54) is 24.3 Å². The number of carbonyl (C=O) groups excluding carboxylic acids is 2. The zero-order chi connectivity index (χ0) is 24.7. The monoisotopic (exact) mass is 526 g/mol. The Hall–Kier alpha value is -1.70. The van der Waals surface area contributed by atoms with Gasteiger partial charge in [0.05, 0.1) is 10.0 Å². The predicted octanol–water partition coefficient (Wildman–Crippen LogP) is 5.51. The lowest BCUT2D eigenvalue weighted by Gasteiger charge is -2.32. The summed E-state index contributed by atoms with van der Waals surface area (Å²) in [6.45, 7) is 0.892. The number of rotatable bonds is 8. The van der Waals surface area contributed by atoms with Crippen molar-refractivity contribution in [3.63, 3.8) is 0 Å². The maximum Gasteiger partial charge on any atom is 0.326 e. The van der Waals surface area contributed by atoms with Crippen LogP contribution in [0.3, 0.4) is 0 Å². The van der Waals surface area contributed by atoms with Crippen LogP contribution < -0.4 is 5.32 Å². The number of piperidine rings is 1. The van der Waals surface area contributed by atoms with Crippen molar-refractivity contribution in [3.05, 3.63) is 33.8 Å². The molecule has 1 aliphatic heterocycles. The second kappa shape index (κ2) is 12.8. The third-order valence-corrected chi connectivity index (χ3v) is 8.58. The van der Waals surface area contributed by atoms with Gasteiger partial charge in [0.25, 0.3) is 0 Å². The number of aliphatic carboxylic acids is 1. The van der Waals surface area contributed by atoms with E-state index in [9.17, 15) is 19.5 Å². The Morgan fingerprint density at radius 1 is 1.12 bits per heavy atom. The molecule has 1 aromatic carbocycles. The summed E-state index contributed by atoms with van der Waals surface area (Å²) in [6.07, 6.45) is 12.1. The molecule has 2 N–H and O–H groups in total. The van der Waals surface area contributed by atoms with Gasteiger partial charge < -0.3 is 15.3 Å². The van der Waals surface area contributed by atoms with Crippen molar-refractivity contribution < 1.29 is 19.5 Å². The number of amides is 2. The highest BCUT2D eigenvalue weighted by Crippen LogP contribution is 2.35. The first-order chi connectivity index (χ1) is 16.3. The molecule has 1 atom stereocenters. The fourth-order valence-corrected chi connectivity index (χ4v) is 5.90. The molecule has 0 unspecified atom stereocenters. The van der Waals surface area contributed by atoms with Gasteiger partial charge in [0.2, 0.25) is 11.8 Å². The molecule has 6 nitrogen and oxygen atoms in total. The fourth-order valence-electron chi connectivity index (χ4n) is 4.73. The van der Waals surface area contributed by atoms with E-state index in [2.05, 4.69) is 5.32 Å². The molecule has 34 heavy (non-hydrogen) atoms. The molecule has 0 radical (unpaired) electrons. The molecule has 186 valence electrons. The lowest BCUT2D eigenvalue weighted by Crippen LogP contribution is -2.48. The highest BCUT2D eigenvalue weighted by Gasteiger charge is 2.31. The molecule has 0 spiro atoms. The molecule has 0 bridgehead atoms. The van der Waals surface area contributed by atoms with E-state index in [4.69, 9.17) is 23.2 Å². The van der Waals surface area contributed by atoms with Gasteiger partial charge in [-0.2, -0.15) is 0 Å². The van der Waals surface area contributed by atoms with E-state index < -0.39 is 12.0 Å². The van der Waals surface area contributed by atoms with Gasteiger partial charge in [0, 0.05) is 30.0 Å². The molecule has 1 saturated carbocycles. The van der Waals surface area contributed by atoms with Gasteiger partial charge in [-0.25, -0.2) is 4.79 Å². The Kier molecular flexibility index (Phi) is 10.2. The summed E-state index contributed by atoms with van der Waals surface area (Å²) in [5.74, 6) is -1.27. The fraction of sp³-hybridized carbons (Fsp3) is 0.560. The summed E-state index contributed by atoms with van der Waals surface area (Å²) >= 11 is 14.1. The minimum absolute atomic E-state index is 0.152. The zero-order valence-corrected chi connectivity index (χ0v) is 21.7. The van der Waals surface area contributed by atoms with Crippen molar-refractivity contribution in [3.8, 4) is 0 Å². The van der Waals surface area contributed by atoms with Crippen molar-refractivity contribution >= 4 is 58.8 Å². The number of nitrogens with zero attached hydrogens (tertiary/aromatic N) is 1. The summed E-state index contributed by atoms with van der Waals surface area (Å²) in [5, 5.41) is 13.2. The van der Waals surface area contributed by atoms with Crippen molar-refractivity contribution in [1.82, 2.24) is 10.2 Å². The van der Waals surface area contributed by atoms with Crippen LogP contribution in [0.25, 0.3) is 6.08 Å². The molecule has 1 aliphatic carbocycles. The smallest absolute Gasteiger partial charge is 0.326 e. The largest absolute Gasteiger partial charge is 0.480 e. The number of likely N-dealkylation sites (tertiary alicyclic amines) is 1. The van der Waals surface area contributed by atoms with E-state index in [-0.39, 0.29) is 17.7 Å². The van der Waals surface area contributed by atoms with Crippen molar-refractivity contribution in [2.45, 2.75) is 62.3 Å². The summed E-state index contributed by atoms with van der Waals surface area (Å²) in [5.41, 5.74) is 0.671. The van der Waals surface area contributed by atoms with E-state index >= 15 is 0 Å². The van der Waals surface area contributed by atoms with E-state index in [0.717, 1.165) is 30.6 Å². The van der Waals surface area contributed by atoms with Crippen LogP contribution in [0.15, 0.2) is 23.1 Å². The second-order valence-electron chi connectivity index (χ2n) is 9.06. The normalized spacial score (nSPS) is 18.7. The van der Waals surface area contributed by atoms with E-state index in [1.54, 1.807) is 11.0 Å². The molecule has 1 heterocycles. The molecular formula is C25H32Cl2N2O4S. The van der Waals surface area contributed by atoms with Gasteiger partial charge in [-0.15, -0.1) is 11.8 Å². The minimum Gasteiger partial charge on any atom is -0.480 e. The van der Waals surface area contributed by atoms with E-state index in [1.807, 2.05) is 18.4 Å². The standard InChI is InChI=1S/C25H32Cl2N2O4S/c1-34-20-9-7-17(22(26)23(20)27)8-10-21(30)29-13-11-18(12-14-29)24(31)28-19(25(32)33)15-16-5-3-2-4-6-16/h7-10,16,18-19H,2-6,11-15H2,1H3,(H,28,31)(H,32,33)/b10-8+/t19-/m0/s1. The topological polar surface area (TPSA) is 86.7 Å². The molecule has 2 aliphatic rings. The van der Waals surface area contributed by atoms with Crippen molar-refractivity contribution in [2.24, 2.45) is 11.8 Å². The Bertz CT molecular complexity index is 926. The SMILES string of the molecule is CSc1ccc(/C=C/C(=O)N2CCC(C(=O)N[C@@H](CC3CCCCC3)C(=O)O)CC2)c(Cl)c1Cl. The molecule has 1 aromatic rings. The highest BCUT2D eigenvalue weighted by molar-refractivity contribution is 7.98. The predicted molar refractivity (Wildman–Crippen MR) is 137 cm³/mol. The third-order valence-electron chi connectivity index (χ3n) is 6.79. The molecule has 1 saturated heterocycles. The van der Waals surface area contributed by atoms with E-state index in [0.29, 0.717) is 53.9 Å². The van der Waals surface area contributed by atoms with Gasteiger partial charge in [-0.1, -0.05) is 61.4 Å². The molecule has 9 heteroatoms. The number of hydrogen-bond donors (Lipinski definition) is 2. The maximum atomic E-state index is 12.7. The lowest BCUT2D eigenvalue weighted by atomic mass is 9.84. The maximum absolute atomic E-state index is 12.7. The minimum atomic E-state index is -0.971. The lowest BCUT2D eigenvalue weighted by molar-refractivity contribution is -0.143. The second-order valence-corrected chi connectivity index (χ2v) is 10.7. The summed E-state index contributed by atoms with van der Waals surface area (Å²) < 4.78 is 0. The molecule has 3 rings (SSSR count). The first-order valence-electron chi connectivity index (χ1n) is 11.8. The number of thioether (sulfide) groups is 1. The number of carboxylic acids is 1. The average molecular weight is 528 g/mol. The third kappa shape index (κ3) is 7.15. The molecule has 2 fully saturated rings. The highest BCUT2D eigenvalue weighted by atomic mass is 35.5. The Morgan fingerprint density at radius 2 is 1.79 bits per heavy atom. The summed E-state index contributed by atoms with van der Waals surface area (Å²) in [7, 11) is 0. The molecule has 0 aromatic heterocycles. The van der Waals surface area contributed by atoms with Gasteiger partial charge in [0.15, 0.2) is 0 Å². The quantitative estimate of drug-likeness (QED) is 0.344. The number of benzene rings is 1. The van der Waals surface area contributed by atoms with Crippen LogP contribution in [0.5, 0.6) is 0 Å². The Morgan fingerprint density at radius 3 is 2.41 bits per heavy atom. The van der Waals surface area contributed by atoms with Crippen LogP contribution >= 0.6 is 35.0 Å². The number of carbonyl (C=O) groups is 3. The Balaban J connectivity index is 1.50. The Labute approximate surface area is 215 Å². The van der Waals surface area contributed by atoms with Gasteiger partial charge in [-0.3, -0.25) is 9.59 Å². The van der Waals surface area contributed by atoms with Crippen LogP contribution in [0, 0.1) is 11.8 Å². The van der Waals surface area contributed by atoms with Gasteiger partial charge >= 0.3 is 5.97 Å². The molecule has 2 amide bonds. The van der Waals surface area contributed by atoms with Crippen molar-refractivity contribution in [1.29, 1.82) is 0 Å². The van der Waals surface area contributed by atoms with Crippen LogP contribution in [0.4, 0.5) is 0 Å². The molecular weight excluding hydrogens is 495 g/mol. The first kappa shape index (κ1) is 26.9. The van der Waals surface area contributed by atoms with Gasteiger partial charge in [-0.05, 0) is 49.1 Å². The summed E-state index contributed by atoms with van der Waals surface area (Å²) in [4.78, 5) is 39.7. The van der Waals surface area contributed by atoms with Crippen LogP contribution in [-0.2, 0) is 14.4 Å². The van der Waals surface area contributed by atoms with Crippen LogP contribution in [-0.4, -0.2) is 53.2 Å². The number of hydrogen-bond acceptors (Lipinski definition) is 4. The zero-order valence-electron chi connectivity index (χ0n) is 19.4. The van der Waals surface area contributed by atoms with Crippen LogP contribution in [0.2, 0.25) is 10.0 Å². The van der Waals surface area contributed by atoms with Gasteiger partial charge in [0.1, 0.15) is 6.04 Å². The first-order valence-corrected chi connectivity index (χ1v) is 13.8. The summed E-state index contributed by atoms with van der Waals surface area (Å²) in [6, 6.07) is 2.85. The number of halogens is 2. The van der Waals surface area contributed by atoms with Crippen molar-refractivity contribution in [2.75, 3.05) is 19.3 Å². The van der Waals surface area contributed by atoms with Crippen LogP contribution in [0.1, 0.15) is 56.9 Å².